The number of carbonyl (C=O) groups is 1. The minimum absolute atomic E-state index is 0.0611. The minimum atomic E-state index is -4.46. The summed E-state index contributed by atoms with van der Waals surface area (Å²) in [5.74, 6) is 0.862. The molecule has 1 aliphatic rings. The van der Waals surface area contributed by atoms with Crippen molar-refractivity contribution >= 4 is 34.0 Å². The third-order valence-corrected chi connectivity index (χ3v) is 9.75. The van der Waals surface area contributed by atoms with E-state index in [1.165, 1.54) is 40.1 Å². The van der Waals surface area contributed by atoms with Crippen LogP contribution in [0.1, 0.15) is 67.9 Å². The Bertz CT molecular complexity index is 1410. The topological polar surface area (TPSA) is 92.8 Å². The maximum absolute atomic E-state index is 13.0. The zero-order valence-electron chi connectivity index (χ0n) is 22.9. The molecule has 0 bridgehead atoms. The summed E-state index contributed by atoms with van der Waals surface area (Å²) in [6.07, 6.45) is -0.567. The van der Waals surface area contributed by atoms with Crippen LogP contribution >= 0.6 is 23.1 Å². The molecule has 1 aromatic carbocycles. The van der Waals surface area contributed by atoms with E-state index in [9.17, 15) is 23.2 Å². The van der Waals surface area contributed by atoms with Crippen molar-refractivity contribution in [3.63, 3.8) is 0 Å². The van der Waals surface area contributed by atoms with Crippen molar-refractivity contribution in [2.75, 3.05) is 11.1 Å². The first-order chi connectivity index (χ1) is 19.0. The second-order valence-electron chi connectivity index (χ2n) is 10.4. The number of alkyl halides is 3. The quantitative estimate of drug-likeness (QED) is 0.253. The molecule has 0 saturated carbocycles. The summed E-state index contributed by atoms with van der Waals surface area (Å²) in [6, 6.07) is 6.95. The van der Waals surface area contributed by atoms with E-state index >= 15 is 0 Å². The number of aromatic nitrogens is 3. The van der Waals surface area contributed by atoms with E-state index < -0.39 is 11.7 Å². The van der Waals surface area contributed by atoms with Gasteiger partial charge in [0, 0.05) is 11.4 Å². The summed E-state index contributed by atoms with van der Waals surface area (Å²) in [6.45, 7) is 9.09. The van der Waals surface area contributed by atoms with Crippen molar-refractivity contribution in [3.05, 3.63) is 51.7 Å². The molecule has 1 aliphatic carbocycles. The molecule has 1 amide bonds. The van der Waals surface area contributed by atoms with E-state index in [1.54, 1.807) is 4.57 Å². The number of carbonyl (C=O) groups excluding carboxylic acids is 1. The number of anilines is 1. The fourth-order valence-electron chi connectivity index (χ4n) is 4.80. The van der Waals surface area contributed by atoms with Crippen molar-refractivity contribution in [2.24, 2.45) is 11.3 Å². The highest BCUT2D eigenvalue weighted by molar-refractivity contribution is 7.99. The molecule has 0 aliphatic heterocycles. The fourth-order valence-corrected chi connectivity index (χ4v) is 6.92. The summed E-state index contributed by atoms with van der Waals surface area (Å²) < 4.78 is 46.3. The largest absolute Gasteiger partial charge is 0.486 e. The molecule has 3 aromatic rings. The Morgan fingerprint density at radius 2 is 2.08 bits per heavy atom. The Morgan fingerprint density at radius 3 is 2.75 bits per heavy atom. The smallest absolute Gasteiger partial charge is 0.416 e. The van der Waals surface area contributed by atoms with Gasteiger partial charge in [0.25, 0.3) is 0 Å². The number of benzene rings is 1. The fraction of sp³-hybridized carbons (Fsp3) is 0.500. The molecule has 1 unspecified atom stereocenters. The summed E-state index contributed by atoms with van der Waals surface area (Å²) in [7, 11) is 0. The van der Waals surface area contributed by atoms with Gasteiger partial charge in [-0.15, -0.1) is 21.5 Å². The maximum Gasteiger partial charge on any atom is 0.416 e. The van der Waals surface area contributed by atoms with Gasteiger partial charge in [0.2, 0.25) is 5.91 Å². The number of hydrogen-bond acceptors (Lipinski definition) is 7. The van der Waals surface area contributed by atoms with E-state index in [0.29, 0.717) is 34.0 Å². The predicted octanol–water partition coefficient (Wildman–Crippen LogP) is 7.10. The van der Waals surface area contributed by atoms with Crippen LogP contribution in [0.4, 0.5) is 18.2 Å². The van der Waals surface area contributed by atoms with Gasteiger partial charge < -0.3 is 14.6 Å². The molecule has 1 atom stereocenters. The molecule has 12 heteroatoms. The monoisotopic (exact) mass is 591 g/mol. The number of ether oxygens (including phenoxy) is 1. The van der Waals surface area contributed by atoms with Gasteiger partial charge in [-0.25, -0.2) is 0 Å². The molecule has 1 N–H and O–H groups in total. The highest BCUT2D eigenvalue weighted by Gasteiger charge is 2.34. The number of hydrogen-bond donors (Lipinski definition) is 1. The minimum Gasteiger partial charge on any atom is -0.486 e. The van der Waals surface area contributed by atoms with Crippen LogP contribution in [0.15, 0.2) is 29.4 Å². The molecule has 0 radical (unpaired) electrons. The molecule has 40 heavy (non-hydrogen) atoms. The van der Waals surface area contributed by atoms with Crippen LogP contribution in [0.2, 0.25) is 0 Å². The SMILES string of the molecule is CCn1c(COc2cccc(C(F)(F)F)c2)nnc1SCC(=O)Nc1sc2c(c1C#N)CCC(C(C)(C)CC)C2. The van der Waals surface area contributed by atoms with Gasteiger partial charge >= 0.3 is 6.18 Å². The first kappa shape index (κ1) is 29.9. The Kier molecular flexibility index (Phi) is 9.15. The Morgan fingerprint density at radius 1 is 1.30 bits per heavy atom. The van der Waals surface area contributed by atoms with Crippen LogP contribution in [-0.4, -0.2) is 26.4 Å². The number of fused-ring (bicyclic) bond motifs is 1. The van der Waals surface area contributed by atoms with Crippen LogP contribution < -0.4 is 10.1 Å². The van der Waals surface area contributed by atoms with Crippen molar-refractivity contribution in [2.45, 2.75) is 77.9 Å². The third kappa shape index (κ3) is 6.63. The van der Waals surface area contributed by atoms with E-state index in [2.05, 4.69) is 42.4 Å². The van der Waals surface area contributed by atoms with E-state index in [1.807, 2.05) is 6.92 Å². The van der Waals surface area contributed by atoms with E-state index in [4.69, 9.17) is 4.74 Å². The standard InChI is InChI=1S/C28H32F3N5O2S2/c1-5-27(3,4)17-10-11-20-21(14-32)25(40-22(20)13-17)33-24(37)16-39-26-35-34-23(36(26)6-2)15-38-19-9-7-8-18(12-19)28(29,30)31/h7-9,12,17H,5-6,10-11,13,15-16H2,1-4H3,(H,33,37). The molecular weight excluding hydrogens is 559 g/mol. The molecule has 7 nitrogen and oxygen atoms in total. The number of nitrogens with one attached hydrogen (secondary N) is 1. The summed E-state index contributed by atoms with van der Waals surface area (Å²) in [4.78, 5) is 14.0. The van der Waals surface area contributed by atoms with Gasteiger partial charge in [0.05, 0.1) is 16.9 Å². The van der Waals surface area contributed by atoms with Crippen LogP contribution in [0.3, 0.4) is 0 Å². The maximum atomic E-state index is 13.0. The average Bonchev–Trinajstić information content (AvgIpc) is 3.49. The van der Waals surface area contributed by atoms with Gasteiger partial charge in [0.1, 0.15) is 23.4 Å². The van der Waals surface area contributed by atoms with Crippen molar-refractivity contribution < 1.29 is 22.7 Å². The normalized spacial score (nSPS) is 15.4. The van der Waals surface area contributed by atoms with Crippen LogP contribution in [-0.2, 0) is 37.0 Å². The average molecular weight is 592 g/mol. The Labute approximate surface area is 240 Å². The zero-order valence-corrected chi connectivity index (χ0v) is 24.5. The van der Waals surface area contributed by atoms with Gasteiger partial charge in [-0.2, -0.15) is 18.4 Å². The molecule has 2 aromatic heterocycles. The molecule has 2 heterocycles. The Hall–Kier alpha value is -3.04. The van der Waals surface area contributed by atoms with E-state index in [0.717, 1.165) is 43.4 Å². The number of thiophene rings is 1. The molecular formula is C28H32F3N5O2S2. The van der Waals surface area contributed by atoms with Crippen molar-refractivity contribution in [1.82, 2.24) is 14.8 Å². The second kappa shape index (κ2) is 12.2. The lowest BCUT2D eigenvalue weighted by Gasteiger charge is -2.36. The molecule has 4 rings (SSSR count). The number of amides is 1. The highest BCUT2D eigenvalue weighted by Crippen LogP contribution is 2.45. The van der Waals surface area contributed by atoms with Gasteiger partial charge in [-0.05, 0) is 61.3 Å². The van der Waals surface area contributed by atoms with Crippen molar-refractivity contribution in [3.8, 4) is 11.8 Å². The molecule has 0 spiro atoms. The third-order valence-electron chi connectivity index (χ3n) is 7.62. The highest BCUT2D eigenvalue weighted by atomic mass is 32.2. The predicted molar refractivity (Wildman–Crippen MR) is 149 cm³/mol. The van der Waals surface area contributed by atoms with Crippen LogP contribution in [0.25, 0.3) is 0 Å². The zero-order chi connectivity index (χ0) is 29.1. The lowest BCUT2D eigenvalue weighted by atomic mass is 9.69. The van der Waals surface area contributed by atoms with Crippen LogP contribution in [0, 0.1) is 22.7 Å². The van der Waals surface area contributed by atoms with Gasteiger partial charge in [-0.1, -0.05) is 45.0 Å². The number of halogens is 3. The van der Waals surface area contributed by atoms with Crippen molar-refractivity contribution in [1.29, 1.82) is 5.26 Å². The molecule has 0 saturated heterocycles. The first-order valence-corrected chi connectivity index (χ1v) is 15.0. The van der Waals surface area contributed by atoms with Gasteiger partial charge in [0.15, 0.2) is 11.0 Å². The summed E-state index contributed by atoms with van der Waals surface area (Å²) in [5, 5.41) is 22.1. The lowest BCUT2D eigenvalue weighted by Crippen LogP contribution is -2.28. The van der Waals surface area contributed by atoms with E-state index in [-0.39, 0.29) is 29.4 Å². The number of rotatable bonds is 10. The van der Waals surface area contributed by atoms with Crippen LogP contribution in [0.5, 0.6) is 5.75 Å². The summed E-state index contributed by atoms with van der Waals surface area (Å²) in [5.41, 5.74) is 1.06. The first-order valence-electron chi connectivity index (χ1n) is 13.2. The molecule has 214 valence electrons. The number of nitrogens with zero attached hydrogens (tertiary/aromatic N) is 4. The lowest BCUT2D eigenvalue weighted by molar-refractivity contribution is -0.137. The second-order valence-corrected chi connectivity index (χ2v) is 12.4. The Balaban J connectivity index is 1.38. The number of nitriles is 1. The van der Waals surface area contributed by atoms with Gasteiger partial charge in [-0.3, -0.25) is 4.79 Å². The molecule has 0 fully saturated rings. The number of thioether (sulfide) groups is 1. The summed E-state index contributed by atoms with van der Waals surface area (Å²) >= 11 is 2.70.